The summed E-state index contributed by atoms with van der Waals surface area (Å²) in [7, 11) is 0. The molecule has 10 heteroatoms. The van der Waals surface area contributed by atoms with Crippen LogP contribution in [0.4, 0.5) is 0 Å². The predicted octanol–water partition coefficient (Wildman–Crippen LogP) is 4.94. The fourth-order valence-electron chi connectivity index (χ4n) is 0.826. The van der Waals surface area contributed by atoms with Crippen LogP contribution in [0, 0.1) is 10.8 Å². The van der Waals surface area contributed by atoms with Gasteiger partial charge in [0.25, 0.3) is 0 Å². The van der Waals surface area contributed by atoms with Crippen LogP contribution in [-0.4, -0.2) is 49.4 Å². The Bertz CT molecular complexity index is 244. The van der Waals surface area contributed by atoms with E-state index in [1.54, 1.807) is 0 Å². The third-order valence-electron chi connectivity index (χ3n) is 2.62. The van der Waals surface area contributed by atoms with Crippen molar-refractivity contribution < 1.29 is 12.6 Å². The lowest BCUT2D eigenvalue weighted by atomic mass is 9.98. The van der Waals surface area contributed by atoms with Gasteiger partial charge in [-0.2, -0.15) is 4.21 Å². The number of halogens is 6. The molecule has 0 amide bonds. The third-order valence-corrected chi connectivity index (χ3v) is 10.4. The zero-order valence-electron chi connectivity index (χ0n) is 10.6. The molecule has 0 saturated heterocycles. The van der Waals surface area contributed by atoms with Gasteiger partial charge in [-0.1, -0.05) is 95.6 Å². The van der Waals surface area contributed by atoms with Gasteiger partial charge in [-0.3, -0.25) is 8.37 Å². The van der Waals surface area contributed by atoms with Gasteiger partial charge >= 0.3 is 11.4 Å². The van der Waals surface area contributed by atoms with E-state index < -0.39 is 11.4 Å². The molecular weight excluding hydrogens is 680 g/mol. The first kappa shape index (κ1) is 22.9. The monoisotopic (exact) mass is 690 g/mol. The van der Waals surface area contributed by atoms with Crippen molar-refractivity contribution in [2.75, 3.05) is 45.2 Å². The molecule has 0 atom stereocenters. The molecule has 0 radical (unpaired) electrons. The first-order valence-corrected chi connectivity index (χ1v) is 13.2. The average molecular weight is 696 g/mol. The van der Waals surface area contributed by atoms with Crippen LogP contribution in [0.15, 0.2) is 0 Å². The molecule has 0 rings (SSSR count). The summed E-state index contributed by atoms with van der Waals surface area (Å²) in [5.74, 6) is 0. The van der Waals surface area contributed by atoms with Gasteiger partial charge in [-0.05, 0) is 0 Å². The summed E-state index contributed by atoms with van der Waals surface area (Å²) in [6.07, 6.45) is 0. The second-order valence-electron chi connectivity index (χ2n) is 4.53. The Morgan fingerprint density at radius 2 is 0.900 bits per heavy atom. The number of alkyl halides is 6. The van der Waals surface area contributed by atoms with Crippen LogP contribution in [0.2, 0.25) is 0 Å². The van der Waals surface area contributed by atoms with Crippen molar-refractivity contribution in [3.05, 3.63) is 0 Å². The highest BCUT2D eigenvalue weighted by molar-refractivity contribution is 9.10. The molecule has 0 aromatic rings. The van der Waals surface area contributed by atoms with E-state index in [-0.39, 0.29) is 10.8 Å². The first-order chi connectivity index (χ1) is 9.46. The minimum Gasteiger partial charge on any atom is -0.268 e. The van der Waals surface area contributed by atoms with Crippen molar-refractivity contribution in [3.8, 4) is 0 Å². The molecule has 0 fully saturated rings. The lowest BCUT2D eigenvalue weighted by molar-refractivity contribution is 0.164. The molecule has 0 unspecified atom stereocenters. The summed E-state index contributed by atoms with van der Waals surface area (Å²) in [5.41, 5.74) is -0.285. The molecule has 3 nitrogen and oxygen atoms in total. The molecule has 0 aliphatic heterocycles. The normalized spacial score (nSPS) is 13.2. The summed E-state index contributed by atoms with van der Waals surface area (Å²) < 4.78 is 22.5. The minimum absolute atomic E-state index is 0.142. The smallest absolute Gasteiger partial charge is 0.268 e. The largest absolute Gasteiger partial charge is 0.304 e. The fraction of sp³-hybridized carbons (Fsp3) is 1.00. The van der Waals surface area contributed by atoms with Gasteiger partial charge in [0, 0.05) is 42.8 Å². The number of hydrogen-bond acceptors (Lipinski definition) is 3. The zero-order valence-corrected chi connectivity index (χ0v) is 20.9. The van der Waals surface area contributed by atoms with Crippen molar-refractivity contribution in [2.24, 2.45) is 10.8 Å². The molecule has 0 aliphatic rings. The van der Waals surface area contributed by atoms with Gasteiger partial charge < -0.3 is 0 Å². The maximum atomic E-state index is 11.8. The lowest BCUT2D eigenvalue weighted by Crippen LogP contribution is -2.35. The Morgan fingerprint density at radius 3 is 1.10 bits per heavy atom. The Kier molecular flexibility index (Phi) is 14.2. The quantitative estimate of drug-likeness (QED) is 0.272. The zero-order chi connectivity index (χ0) is 15.6. The summed E-state index contributed by atoms with van der Waals surface area (Å²) in [6, 6.07) is 0. The Morgan fingerprint density at radius 1 is 0.650 bits per heavy atom. The van der Waals surface area contributed by atoms with Gasteiger partial charge in [0.1, 0.15) is 0 Å². The third kappa shape index (κ3) is 7.68. The van der Waals surface area contributed by atoms with Crippen molar-refractivity contribution in [1.29, 1.82) is 0 Å². The second kappa shape index (κ2) is 12.3. The molecule has 20 heavy (non-hydrogen) atoms. The van der Waals surface area contributed by atoms with Crippen LogP contribution in [0.3, 0.4) is 0 Å². The van der Waals surface area contributed by atoms with Crippen LogP contribution in [-0.2, 0) is 19.7 Å². The number of hydrogen-bond donors (Lipinski definition) is 0. The Balaban J connectivity index is 4.30. The van der Waals surface area contributed by atoms with Crippen molar-refractivity contribution in [3.63, 3.8) is 0 Å². The first-order valence-electron chi connectivity index (χ1n) is 5.51. The Hall–Kier alpha value is 2.95. The summed E-state index contributed by atoms with van der Waals surface area (Å²) in [4.78, 5) is 0. The van der Waals surface area contributed by atoms with Crippen LogP contribution >= 0.6 is 95.6 Å². The SMILES string of the molecule is O=S(OCC(CBr)(CBr)CBr)OCC(CBr)(CBr)CBr. The highest BCUT2D eigenvalue weighted by Gasteiger charge is 2.31. The maximum Gasteiger partial charge on any atom is 0.304 e. The van der Waals surface area contributed by atoms with E-state index in [1.807, 2.05) is 0 Å². The van der Waals surface area contributed by atoms with Crippen LogP contribution in [0.1, 0.15) is 0 Å². The summed E-state index contributed by atoms with van der Waals surface area (Å²) >= 11 is 18.9. The van der Waals surface area contributed by atoms with E-state index in [0.717, 1.165) is 32.0 Å². The van der Waals surface area contributed by atoms with E-state index in [9.17, 15) is 4.21 Å². The van der Waals surface area contributed by atoms with Crippen LogP contribution in [0.5, 0.6) is 0 Å². The summed E-state index contributed by atoms with van der Waals surface area (Å²) in [5, 5.41) is 4.43. The Labute approximate surface area is 173 Å². The molecular formula is C10H16Br6O3S. The van der Waals surface area contributed by atoms with Gasteiger partial charge in [0.05, 0.1) is 13.2 Å². The molecule has 0 spiro atoms. The second-order valence-corrected chi connectivity index (χ2v) is 8.77. The molecule has 0 aliphatic carbocycles. The van der Waals surface area contributed by atoms with Gasteiger partial charge in [0.2, 0.25) is 0 Å². The van der Waals surface area contributed by atoms with E-state index in [4.69, 9.17) is 8.37 Å². The highest BCUT2D eigenvalue weighted by Crippen LogP contribution is 2.28. The van der Waals surface area contributed by atoms with Crippen molar-refractivity contribution in [1.82, 2.24) is 0 Å². The minimum atomic E-state index is -1.75. The molecule has 0 bridgehead atoms. The topological polar surface area (TPSA) is 35.5 Å². The van der Waals surface area contributed by atoms with Gasteiger partial charge in [0.15, 0.2) is 0 Å². The summed E-state index contributed by atoms with van der Waals surface area (Å²) in [6.45, 7) is 0.677. The van der Waals surface area contributed by atoms with Gasteiger partial charge in [-0.15, -0.1) is 0 Å². The van der Waals surface area contributed by atoms with E-state index in [1.165, 1.54) is 0 Å². The predicted molar refractivity (Wildman–Crippen MR) is 108 cm³/mol. The number of rotatable bonds is 12. The molecule has 122 valence electrons. The van der Waals surface area contributed by atoms with E-state index in [2.05, 4.69) is 95.6 Å². The van der Waals surface area contributed by atoms with Crippen molar-refractivity contribution in [2.45, 2.75) is 0 Å². The average Bonchev–Trinajstić information content (AvgIpc) is 2.51. The standard InChI is InChI=1S/C10H16Br6O3S/c11-1-9(2-12,3-13)7-18-20(17)19-8-10(4-14,5-15)6-16/h1-8H2. The molecule has 0 aromatic heterocycles. The lowest BCUT2D eigenvalue weighted by Gasteiger charge is -2.28. The van der Waals surface area contributed by atoms with Crippen LogP contribution in [0.25, 0.3) is 0 Å². The molecule has 0 N–H and O–H groups in total. The van der Waals surface area contributed by atoms with E-state index >= 15 is 0 Å². The van der Waals surface area contributed by atoms with Crippen molar-refractivity contribution >= 4 is 107 Å². The van der Waals surface area contributed by atoms with Gasteiger partial charge in [-0.25, -0.2) is 0 Å². The van der Waals surface area contributed by atoms with E-state index in [0.29, 0.717) is 13.2 Å². The highest BCUT2D eigenvalue weighted by atomic mass is 79.9. The molecule has 0 saturated carbocycles. The fourth-order valence-corrected chi connectivity index (χ4v) is 8.13. The maximum absolute atomic E-state index is 11.8. The van der Waals surface area contributed by atoms with Crippen LogP contribution < -0.4 is 0 Å². The molecule has 0 heterocycles. The molecule has 0 aromatic carbocycles.